The minimum atomic E-state index is -4.61. The largest absolute Gasteiger partial charge is 0.461 e. The van der Waals surface area contributed by atoms with Crippen LogP contribution in [0.25, 0.3) is 10.9 Å². The summed E-state index contributed by atoms with van der Waals surface area (Å²) < 4.78 is 53.9. The molecule has 9 heteroatoms. The molecule has 0 radical (unpaired) electrons. The van der Waals surface area contributed by atoms with Gasteiger partial charge in [-0.3, -0.25) is 4.79 Å². The van der Waals surface area contributed by atoms with E-state index < -0.39 is 24.2 Å². The van der Waals surface area contributed by atoms with Crippen LogP contribution >= 0.6 is 0 Å². The number of fused-ring (bicyclic) bond motifs is 1. The first-order chi connectivity index (χ1) is 13.3. The normalized spacial score (nSPS) is 12.1. The lowest BCUT2D eigenvalue weighted by atomic mass is 10.1. The van der Waals surface area contributed by atoms with Crippen LogP contribution < -0.4 is 10.2 Å². The van der Waals surface area contributed by atoms with Gasteiger partial charge in [0.2, 0.25) is 0 Å². The number of hydrazone groups is 1. The highest BCUT2D eigenvalue weighted by Gasteiger charge is 2.43. The van der Waals surface area contributed by atoms with Crippen LogP contribution in [0.1, 0.15) is 21.6 Å². The molecule has 3 rings (SSSR count). The van der Waals surface area contributed by atoms with Crippen molar-refractivity contribution in [3.8, 4) is 5.75 Å². The van der Waals surface area contributed by atoms with Crippen LogP contribution in [0.3, 0.4) is 0 Å². The molecule has 0 saturated heterocycles. The maximum Gasteiger partial charge on any atom is 0.461 e. The lowest BCUT2D eigenvalue weighted by Crippen LogP contribution is -2.33. The van der Waals surface area contributed by atoms with Gasteiger partial charge in [0.15, 0.2) is 0 Å². The number of carbonyl (C=O) groups excluding carboxylic acids is 1. The van der Waals surface area contributed by atoms with Crippen LogP contribution in [-0.4, -0.2) is 29.6 Å². The molecule has 0 atom stereocenters. The molecule has 2 N–H and O–H groups in total. The van der Waals surface area contributed by atoms with Crippen LogP contribution in [0.2, 0.25) is 0 Å². The number of amides is 1. The Morgan fingerprint density at radius 3 is 2.54 bits per heavy atom. The Morgan fingerprint density at radius 2 is 1.86 bits per heavy atom. The van der Waals surface area contributed by atoms with Gasteiger partial charge in [0.1, 0.15) is 5.75 Å². The number of rotatable bonds is 6. The highest BCUT2D eigenvalue weighted by molar-refractivity contribution is 6.01. The number of carbonyl (C=O) groups is 1. The van der Waals surface area contributed by atoms with E-state index in [0.717, 1.165) is 34.3 Å². The summed E-state index contributed by atoms with van der Waals surface area (Å²) >= 11 is 0. The molecule has 0 bridgehead atoms. The first-order valence-corrected chi connectivity index (χ1v) is 8.13. The lowest BCUT2D eigenvalue weighted by molar-refractivity contribution is -0.253. The molecule has 0 saturated carbocycles. The molecule has 2 aromatic carbocycles. The molecule has 146 valence electrons. The fourth-order valence-electron chi connectivity index (χ4n) is 2.56. The smallest absolute Gasteiger partial charge is 0.428 e. The Kier molecular flexibility index (Phi) is 5.34. The summed E-state index contributed by atoms with van der Waals surface area (Å²) in [7, 11) is 0. The molecule has 1 heterocycles. The number of aryl methyl sites for hydroxylation is 1. The number of aromatic nitrogens is 1. The summed E-state index contributed by atoms with van der Waals surface area (Å²) in [5.41, 5.74) is 5.04. The number of nitrogens with one attached hydrogen (secondary N) is 2. The zero-order chi connectivity index (χ0) is 20.3. The van der Waals surface area contributed by atoms with E-state index in [0.29, 0.717) is 0 Å². The Bertz CT molecular complexity index is 1010. The van der Waals surface area contributed by atoms with E-state index in [-0.39, 0.29) is 5.56 Å². The van der Waals surface area contributed by atoms with Gasteiger partial charge in [0.25, 0.3) is 5.91 Å². The van der Waals surface area contributed by atoms with Crippen molar-refractivity contribution in [1.82, 2.24) is 10.4 Å². The van der Waals surface area contributed by atoms with Gasteiger partial charge in [-0.1, -0.05) is 18.2 Å². The third kappa shape index (κ3) is 4.13. The van der Waals surface area contributed by atoms with Crippen molar-refractivity contribution in [2.24, 2.45) is 5.10 Å². The van der Waals surface area contributed by atoms with Crippen molar-refractivity contribution < 1.29 is 27.1 Å². The number of para-hydroxylation sites is 1. The Labute approximate surface area is 157 Å². The van der Waals surface area contributed by atoms with Crippen molar-refractivity contribution in [3.63, 3.8) is 0 Å². The van der Waals surface area contributed by atoms with Crippen LogP contribution in [-0.2, 0) is 0 Å². The van der Waals surface area contributed by atoms with Crippen LogP contribution in [0.4, 0.5) is 17.6 Å². The molecule has 3 aromatic rings. The molecule has 28 heavy (non-hydrogen) atoms. The quantitative estimate of drug-likeness (QED) is 0.369. The topological polar surface area (TPSA) is 66.5 Å². The minimum Gasteiger partial charge on any atom is -0.428 e. The van der Waals surface area contributed by atoms with Gasteiger partial charge in [-0.05, 0) is 37.3 Å². The number of ether oxygens (including phenoxy) is 1. The Hall–Kier alpha value is -3.36. The van der Waals surface area contributed by atoms with E-state index in [1.54, 1.807) is 0 Å². The van der Waals surface area contributed by atoms with E-state index >= 15 is 0 Å². The Morgan fingerprint density at radius 1 is 1.18 bits per heavy atom. The Balaban J connectivity index is 1.66. The molecule has 1 amide bonds. The first-order valence-electron chi connectivity index (χ1n) is 8.13. The first kappa shape index (κ1) is 19.4. The van der Waals surface area contributed by atoms with Gasteiger partial charge < -0.3 is 9.72 Å². The van der Waals surface area contributed by atoms with E-state index in [2.05, 4.69) is 20.2 Å². The standard InChI is InChI=1S/C19H15F4N3O2/c1-11-15(14-4-2-3-5-16(14)25-11)10-24-26-17(27)12-6-8-13(9-7-12)28-19(22,23)18(20)21/h2-10,18,25H,1H3,(H,26,27)/b24-10-. The molecule has 0 fully saturated rings. The van der Waals surface area contributed by atoms with Gasteiger partial charge in [-0.2, -0.15) is 22.7 Å². The van der Waals surface area contributed by atoms with Crippen molar-refractivity contribution >= 4 is 23.0 Å². The zero-order valence-corrected chi connectivity index (χ0v) is 14.5. The SMILES string of the molecule is Cc1[nH]c2ccccc2c1/C=N\NC(=O)c1ccc(OC(F)(F)C(F)F)cc1. The van der Waals surface area contributed by atoms with E-state index in [1.165, 1.54) is 18.3 Å². The third-order valence-electron chi connectivity index (χ3n) is 3.93. The van der Waals surface area contributed by atoms with E-state index in [4.69, 9.17) is 0 Å². The second kappa shape index (κ2) is 7.71. The highest BCUT2D eigenvalue weighted by atomic mass is 19.3. The molecular formula is C19H15F4N3O2. The summed E-state index contributed by atoms with van der Waals surface area (Å²) in [5.74, 6) is -1.08. The maximum atomic E-state index is 12.9. The van der Waals surface area contributed by atoms with Crippen LogP contribution in [0.15, 0.2) is 53.6 Å². The summed E-state index contributed by atoms with van der Waals surface area (Å²) in [5, 5.41) is 4.86. The number of nitrogens with zero attached hydrogens (tertiary/aromatic N) is 1. The molecule has 0 aliphatic heterocycles. The average molecular weight is 393 g/mol. The summed E-state index contributed by atoms with van der Waals surface area (Å²) in [6, 6.07) is 11.9. The fourth-order valence-corrected chi connectivity index (χ4v) is 2.56. The van der Waals surface area contributed by atoms with Gasteiger partial charge in [-0.25, -0.2) is 5.43 Å². The molecule has 1 aromatic heterocycles. The van der Waals surface area contributed by atoms with Gasteiger partial charge in [0, 0.05) is 27.7 Å². The monoisotopic (exact) mass is 393 g/mol. The molecule has 5 nitrogen and oxygen atoms in total. The lowest BCUT2D eigenvalue weighted by Gasteiger charge is -2.16. The molecule has 0 unspecified atom stereocenters. The molecular weight excluding hydrogens is 378 g/mol. The van der Waals surface area contributed by atoms with Crippen molar-refractivity contribution in [3.05, 3.63) is 65.4 Å². The van der Waals surface area contributed by atoms with E-state index in [1.807, 2.05) is 31.2 Å². The van der Waals surface area contributed by atoms with E-state index in [9.17, 15) is 22.4 Å². The predicted molar refractivity (Wildman–Crippen MR) is 96.1 cm³/mol. The number of aromatic amines is 1. The van der Waals surface area contributed by atoms with Crippen molar-refractivity contribution in [2.45, 2.75) is 19.5 Å². The number of hydrogen-bond donors (Lipinski definition) is 2. The number of H-pyrrole nitrogens is 1. The van der Waals surface area contributed by atoms with Crippen molar-refractivity contribution in [1.29, 1.82) is 0 Å². The molecule has 0 spiro atoms. The summed E-state index contributed by atoms with van der Waals surface area (Å²) in [6.45, 7) is 1.87. The number of benzene rings is 2. The average Bonchev–Trinajstić information content (AvgIpc) is 2.97. The second-order valence-corrected chi connectivity index (χ2v) is 5.90. The van der Waals surface area contributed by atoms with Crippen LogP contribution in [0.5, 0.6) is 5.75 Å². The van der Waals surface area contributed by atoms with Crippen molar-refractivity contribution in [2.75, 3.05) is 0 Å². The second-order valence-electron chi connectivity index (χ2n) is 5.90. The van der Waals surface area contributed by atoms with Gasteiger partial charge in [-0.15, -0.1) is 0 Å². The molecule has 0 aliphatic rings. The number of hydrogen-bond acceptors (Lipinski definition) is 3. The zero-order valence-electron chi connectivity index (χ0n) is 14.5. The highest BCUT2D eigenvalue weighted by Crippen LogP contribution is 2.27. The summed E-state index contributed by atoms with van der Waals surface area (Å²) in [6.07, 6.45) is -7.07. The van der Waals surface area contributed by atoms with Gasteiger partial charge in [0.05, 0.1) is 6.21 Å². The predicted octanol–water partition coefficient (Wildman–Crippen LogP) is 4.48. The summed E-state index contributed by atoms with van der Waals surface area (Å²) in [4.78, 5) is 15.3. The number of halogens is 4. The number of alkyl halides is 4. The minimum absolute atomic E-state index is 0.0977. The van der Waals surface area contributed by atoms with Gasteiger partial charge >= 0.3 is 12.5 Å². The third-order valence-corrected chi connectivity index (χ3v) is 3.93. The fraction of sp³-hybridized carbons (Fsp3) is 0.158. The molecule has 0 aliphatic carbocycles. The maximum absolute atomic E-state index is 12.9. The van der Waals surface area contributed by atoms with Crippen LogP contribution in [0, 0.1) is 6.92 Å².